The quantitative estimate of drug-likeness (QED) is 0.727. The largest absolute Gasteiger partial charge is 0.377 e. The van der Waals surface area contributed by atoms with E-state index in [-0.39, 0.29) is 6.04 Å². The number of aryl methyl sites for hydroxylation is 1. The Hall–Kier alpha value is -2.35. The van der Waals surface area contributed by atoms with E-state index < -0.39 is 0 Å². The normalized spacial score (nSPS) is 12.3. The monoisotopic (exact) mass is 276 g/mol. The van der Waals surface area contributed by atoms with Gasteiger partial charge in [0.25, 0.3) is 0 Å². The number of pyridine rings is 1. The molecule has 21 heavy (non-hydrogen) atoms. The van der Waals surface area contributed by atoms with Crippen LogP contribution in [0.15, 0.2) is 60.8 Å². The van der Waals surface area contributed by atoms with Gasteiger partial charge in [0.1, 0.15) is 0 Å². The minimum atomic E-state index is 0.253. The maximum atomic E-state index is 4.49. The van der Waals surface area contributed by atoms with Crippen LogP contribution in [0.25, 0.3) is 10.9 Å². The Morgan fingerprint density at radius 3 is 2.52 bits per heavy atom. The Labute approximate surface area is 125 Å². The van der Waals surface area contributed by atoms with Crippen LogP contribution in [0.3, 0.4) is 0 Å². The fourth-order valence-corrected chi connectivity index (χ4v) is 2.58. The average molecular weight is 276 g/mol. The van der Waals surface area contributed by atoms with Gasteiger partial charge < -0.3 is 5.32 Å². The van der Waals surface area contributed by atoms with Gasteiger partial charge >= 0.3 is 0 Å². The molecule has 0 aliphatic carbocycles. The molecule has 0 spiro atoms. The average Bonchev–Trinajstić information content (AvgIpc) is 2.55. The molecule has 3 rings (SSSR count). The zero-order valence-electron chi connectivity index (χ0n) is 12.5. The predicted molar refractivity (Wildman–Crippen MR) is 89.6 cm³/mol. The molecule has 106 valence electrons. The van der Waals surface area contributed by atoms with Gasteiger partial charge in [0.15, 0.2) is 0 Å². The van der Waals surface area contributed by atoms with E-state index in [1.807, 2.05) is 12.3 Å². The Bertz CT molecular complexity index is 727. The van der Waals surface area contributed by atoms with Crippen LogP contribution in [0.4, 0.5) is 5.69 Å². The molecule has 1 unspecified atom stereocenters. The highest BCUT2D eigenvalue weighted by atomic mass is 14.9. The molecule has 1 N–H and O–H groups in total. The first-order valence-electron chi connectivity index (χ1n) is 7.47. The maximum Gasteiger partial charge on any atom is 0.0933 e. The highest BCUT2D eigenvalue weighted by Crippen LogP contribution is 2.25. The van der Waals surface area contributed by atoms with E-state index in [4.69, 9.17) is 0 Å². The van der Waals surface area contributed by atoms with Crippen LogP contribution in [0.5, 0.6) is 0 Å². The molecule has 2 heteroatoms. The topological polar surface area (TPSA) is 24.9 Å². The van der Waals surface area contributed by atoms with Gasteiger partial charge in [0, 0.05) is 17.6 Å². The highest BCUT2D eigenvalue weighted by Gasteiger charge is 2.08. The van der Waals surface area contributed by atoms with Crippen molar-refractivity contribution >= 4 is 16.6 Å². The first-order chi connectivity index (χ1) is 10.3. The molecule has 3 aromatic rings. The van der Waals surface area contributed by atoms with Gasteiger partial charge in [-0.15, -0.1) is 0 Å². The summed E-state index contributed by atoms with van der Waals surface area (Å²) in [4.78, 5) is 4.49. The lowest BCUT2D eigenvalue weighted by atomic mass is 10.0. The van der Waals surface area contributed by atoms with Gasteiger partial charge in [0.05, 0.1) is 11.2 Å². The Morgan fingerprint density at radius 1 is 1.00 bits per heavy atom. The number of nitrogens with zero attached hydrogens (tertiary/aromatic N) is 1. The SMILES string of the molecule is CCc1ccc(C(C)Nc2cccc3cccnc23)cc1. The highest BCUT2D eigenvalue weighted by molar-refractivity contribution is 5.90. The molecule has 2 aromatic carbocycles. The van der Waals surface area contributed by atoms with Crippen molar-refractivity contribution in [2.45, 2.75) is 26.3 Å². The summed E-state index contributed by atoms with van der Waals surface area (Å²) in [6.45, 7) is 4.36. The predicted octanol–water partition coefficient (Wildman–Crippen LogP) is 4.97. The minimum Gasteiger partial charge on any atom is -0.377 e. The van der Waals surface area contributed by atoms with Gasteiger partial charge in [-0.2, -0.15) is 0 Å². The van der Waals surface area contributed by atoms with Crippen molar-refractivity contribution in [1.82, 2.24) is 4.98 Å². The lowest BCUT2D eigenvalue weighted by molar-refractivity contribution is 0.884. The number of aromatic nitrogens is 1. The zero-order chi connectivity index (χ0) is 14.7. The van der Waals surface area contributed by atoms with Crippen molar-refractivity contribution in [3.05, 3.63) is 71.9 Å². The Balaban J connectivity index is 1.87. The number of anilines is 1. The summed E-state index contributed by atoms with van der Waals surface area (Å²) >= 11 is 0. The van der Waals surface area contributed by atoms with Crippen molar-refractivity contribution in [3.8, 4) is 0 Å². The molecule has 0 saturated carbocycles. The molecule has 1 atom stereocenters. The molecule has 0 saturated heterocycles. The molecule has 0 radical (unpaired) electrons. The molecule has 0 amide bonds. The fraction of sp³-hybridized carbons (Fsp3) is 0.211. The van der Waals surface area contributed by atoms with Crippen LogP contribution >= 0.6 is 0 Å². The van der Waals surface area contributed by atoms with E-state index in [9.17, 15) is 0 Å². The third kappa shape index (κ3) is 2.89. The number of fused-ring (bicyclic) bond motifs is 1. The molecule has 1 heterocycles. The van der Waals surface area contributed by atoms with E-state index in [1.54, 1.807) is 0 Å². The van der Waals surface area contributed by atoms with E-state index in [0.29, 0.717) is 0 Å². The van der Waals surface area contributed by atoms with Crippen molar-refractivity contribution in [2.24, 2.45) is 0 Å². The Kier molecular flexibility index (Phi) is 3.87. The smallest absolute Gasteiger partial charge is 0.0933 e. The van der Waals surface area contributed by atoms with E-state index >= 15 is 0 Å². The number of hydrogen-bond acceptors (Lipinski definition) is 2. The van der Waals surface area contributed by atoms with Crippen molar-refractivity contribution < 1.29 is 0 Å². The molecule has 1 aromatic heterocycles. The van der Waals surface area contributed by atoms with Gasteiger partial charge in [0.2, 0.25) is 0 Å². The first kappa shape index (κ1) is 13.6. The second-order valence-electron chi connectivity index (χ2n) is 5.34. The summed E-state index contributed by atoms with van der Waals surface area (Å²) in [5.41, 5.74) is 4.77. The van der Waals surface area contributed by atoms with Crippen LogP contribution in [0.2, 0.25) is 0 Å². The number of rotatable bonds is 4. The second kappa shape index (κ2) is 5.96. The van der Waals surface area contributed by atoms with Crippen LogP contribution in [-0.2, 0) is 6.42 Å². The van der Waals surface area contributed by atoms with Gasteiger partial charge in [-0.05, 0) is 36.6 Å². The number of para-hydroxylation sites is 1. The minimum absolute atomic E-state index is 0.253. The summed E-state index contributed by atoms with van der Waals surface area (Å²) in [5.74, 6) is 0. The third-order valence-electron chi connectivity index (χ3n) is 3.89. The van der Waals surface area contributed by atoms with Crippen LogP contribution in [-0.4, -0.2) is 4.98 Å². The summed E-state index contributed by atoms with van der Waals surface area (Å²) < 4.78 is 0. The van der Waals surface area contributed by atoms with E-state index in [2.05, 4.69) is 72.7 Å². The number of benzene rings is 2. The Morgan fingerprint density at radius 2 is 1.76 bits per heavy atom. The molecular weight excluding hydrogens is 256 g/mol. The number of hydrogen-bond donors (Lipinski definition) is 1. The van der Waals surface area contributed by atoms with Crippen LogP contribution in [0.1, 0.15) is 31.0 Å². The summed E-state index contributed by atoms with van der Waals surface area (Å²) in [7, 11) is 0. The molecule has 0 aliphatic heterocycles. The summed E-state index contributed by atoms with van der Waals surface area (Å²) in [5, 5.41) is 4.74. The summed E-state index contributed by atoms with van der Waals surface area (Å²) in [6.07, 6.45) is 2.92. The zero-order valence-corrected chi connectivity index (χ0v) is 12.5. The van der Waals surface area contributed by atoms with Gasteiger partial charge in [-0.25, -0.2) is 0 Å². The lowest BCUT2D eigenvalue weighted by Crippen LogP contribution is -2.07. The standard InChI is InChI=1S/C19H20N2/c1-3-15-9-11-16(12-10-15)14(2)21-18-8-4-6-17-7-5-13-20-19(17)18/h4-14,21H,3H2,1-2H3. The van der Waals surface area contributed by atoms with Crippen molar-refractivity contribution in [2.75, 3.05) is 5.32 Å². The molecule has 0 bridgehead atoms. The van der Waals surface area contributed by atoms with Crippen molar-refractivity contribution in [1.29, 1.82) is 0 Å². The molecule has 0 aliphatic rings. The molecule has 2 nitrogen and oxygen atoms in total. The number of nitrogens with one attached hydrogen (secondary N) is 1. The van der Waals surface area contributed by atoms with Gasteiger partial charge in [-0.3, -0.25) is 4.98 Å². The van der Waals surface area contributed by atoms with Crippen LogP contribution < -0.4 is 5.32 Å². The van der Waals surface area contributed by atoms with Gasteiger partial charge in [-0.1, -0.05) is 49.4 Å². The molecule has 0 fully saturated rings. The van der Waals surface area contributed by atoms with E-state index in [1.165, 1.54) is 11.1 Å². The van der Waals surface area contributed by atoms with E-state index in [0.717, 1.165) is 23.0 Å². The maximum absolute atomic E-state index is 4.49. The first-order valence-corrected chi connectivity index (χ1v) is 7.47. The van der Waals surface area contributed by atoms with Crippen LogP contribution in [0, 0.1) is 0 Å². The third-order valence-corrected chi connectivity index (χ3v) is 3.89. The second-order valence-corrected chi connectivity index (χ2v) is 5.34. The molecular formula is C19H20N2. The lowest BCUT2D eigenvalue weighted by Gasteiger charge is -2.17. The summed E-state index contributed by atoms with van der Waals surface area (Å²) in [6, 6.07) is 19.4. The van der Waals surface area contributed by atoms with Crippen molar-refractivity contribution in [3.63, 3.8) is 0 Å². The fourth-order valence-electron chi connectivity index (χ4n) is 2.58.